The molecule has 0 saturated heterocycles. The summed E-state index contributed by atoms with van der Waals surface area (Å²) < 4.78 is 43.0. The summed E-state index contributed by atoms with van der Waals surface area (Å²) in [6, 6.07) is 6.77. The average molecular weight is 456 g/mol. The average Bonchev–Trinajstić information content (AvgIpc) is 3.38. The minimum atomic E-state index is -3.09. The maximum atomic E-state index is 13.0. The number of rotatable bonds is 7. The van der Waals surface area contributed by atoms with E-state index < -0.39 is 17.8 Å². The number of ketones is 1. The number of ether oxygens (including phenoxy) is 2. The van der Waals surface area contributed by atoms with Crippen LogP contribution in [0.25, 0.3) is 16.6 Å². The minimum absolute atomic E-state index is 0.0445. The summed E-state index contributed by atoms with van der Waals surface area (Å²) in [5.41, 5.74) is 2.17. The third-order valence-corrected chi connectivity index (χ3v) is 5.47. The van der Waals surface area contributed by atoms with E-state index in [2.05, 4.69) is 20.0 Å². The number of carbonyl (C=O) groups excluding carboxylic acids is 1. The standard InChI is InChI=1S/C23H22F2N4O4/c1-12(30)20-18(31-5)8-14(9-19(20)32-22(24)25)16-10-26-29-11-15(6-7-17(16)29)23(3,4)21-27-13(2)28-33-21/h6-11,22H,1-5H3. The van der Waals surface area contributed by atoms with Gasteiger partial charge in [0.05, 0.1) is 24.2 Å². The molecule has 0 aliphatic rings. The Morgan fingerprint density at radius 3 is 2.55 bits per heavy atom. The van der Waals surface area contributed by atoms with Crippen LogP contribution < -0.4 is 9.47 Å². The van der Waals surface area contributed by atoms with Gasteiger partial charge in [0.2, 0.25) is 5.89 Å². The van der Waals surface area contributed by atoms with Crippen molar-refractivity contribution < 1.29 is 27.6 Å². The second-order valence-corrected chi connectivity index (χ2v) is 8.06. The highest BCUT2D eigenvalue weighted by molar-refractivity contribution is 6.01. The van der Waals surface area contributed by atoms with Crippen LogP contribution in [0.2, 0.25) is 0 Å². The lowest BCUT2D eigenvalue weighted by atomic mass is 9.85. The number of fused-ring (bicyclic) bond motifs is 1. The largest absolute Gasteiger partial charge is 0.496 e. The van der Waals surface area contributed by atoms with Gasteiger partial charge in [0.15, 0.2) is 11.6 Å². The molecule has 172 valence electrons. The van der Waals surface area contributed by atoms with E-state index >= 15 is 0 Å². The number of halogens is 2. The van der Waals surface area contributed by atoms with Gasteiger partial charge in [-0.1, -0.05) is 11.2 Å². The number of alkyl halides is 2. The van der Waals surface area contributed by atoms with Gasteiger partial charge in [-0.25, -0.2) is 4.52 Å². The fourth-order valence-corrected chi connectivity index (χ4v) is 3.69. The van der Waals surface area contributed by atoms with E-state index in [0.717, 1.165) is 11.1 Å². The van der Waals surface area contributed by atoms with Gasteiger partial charge >= 0.3 is 6.61 Å². The number of pyridine rings is 1. The van der Waals surface area contributed by atoms with Crippen LogP contribution in [-0.2, 0) is 5.41 Å². The van der Waals surface area contributed by atoms with E-state index in [-0.39, 0.29) is 17.1 Å². The highest BCUT2D eigenvalue weighted by Gasteiger charge is 2.30. The summed E-state index contributed by atoms with van der Waals surface area (Å²) in [7, 11) is 1.36. The van der Waals surface area contributed by atoms with Crippen LogP contribution in [0.3, 0.4) is 0 Å². The van der Waals surface area contributed by atoms with Crippen LogP contribution in [0.5, 0.6) is 11.5 Å². The molecule has 3 aromatic heterocycles. The van der Waals surface area contributed by atoms with E-state index in [9.17, 15) is 13.6 Å². The van der Waals surface area contributed by atoms with Crippen molar-refractivity contribution in [3.63, 3.8) is 0 Å². The van der Waals surface area contributed by atoms with Gasteiger partial charge in [0.1, 0.15) is 17.1 Å². The Balaban J connectivity index is 1.82. The Morgan fingerprint density at radius 1 is 1.21 bits per heavy atom. The lowest BCUT2D eigenvalue weighted by Crippen LogP contribution is -2.20. The molecule has 1 aromatic carbocycles. The summed E-state index contributed by atoms with van der Waals surface area (Å²) in [6.07, 6.45) is 3.45. The predicted octanol–water partition coefficient (Wildman–Crippen LogP) is 4.83. The highest BCUT2D eigenvalue weighted by atomic mass is 19.3. The highest BCUT2D eigenvalue weighted by Crippen LogP contribution is 2.38. The smallest absolute Gasteiger partial charge is 0.387 e. The summed E-state index contributed by atoms with van der Waals surface area (Å²) in [4.78, 5) is 16.4. The molecule has 33 heavy (non-hydrogen) atoms. The minimum Gasteiger partial charge on any atom is -0.496 e. The van der Waals surface area contributed by atoms with Gasteiger partial charge in [0, 0.05) is 11.8 Å². The summed E-state index contributed by atoms with van der Waals surface area (Å²) >= 11 is 0. The number of benzene rings is 1. The molecule has 3 heterocycles. The van der Waals surface area contributed by atoms with Gasteiger partial charge < -0.3 is 14.0 Å². The number of Topliss-reactive ketones (excluding diaryl/α,β-unsaturated/α-hetero) is 1. The number of methoxy groups -OCH3 is 1. The summed E-state index contributed by atoms with van der Waals surface area (Å²) in [5, 5.41) is 8.29. The van der Waals surface area contributed by atoms with E-state index in [0.29, 0.717) is 22.8 Å². The van der Waals surface area contributed by atoms with Crippen LogP contribution in [0.4, 0.5) is 8.78 Å². The fraction of sp³-hybridized carbons (Fsp3) is 0.304. The van der Waals surface area contributed by atoms with Crippen molar-refractivity contribution in [3.05, 3.63) is 59.5 Å². The molecule has 8 nitrogen and oxygen atoms in total. The van der Waals surface area contributed by atoms with Gasteiger partial charge in [0.25, 0.3) is 0 Å². The first-order valence-electron chi connectivity index (χ1n) is 10.1. The number of hydrogen-bond acceptors (Lipinski definition) is 7. The van der Waals surface area contributed by atoms with Crippen molar-refractivity contribution >= 4 is 11.3 Å². The topological polar surface area (TPSA) is 91.8 Å². The maximum absolute atomic E-state index is 13.0. The van der Waals surface area contributed by atoms with Crippen LogP contribution in [-0.4, -0.2) is 39.3 Å². The monoisotopic (exact) mass is 456 g/mol. The van der Waals surface area contributed by atoms with Gasteiger partial charge in [-0.15, -0.1) is 0 Å². The summed E-state index contributed by atoms with van der Waals surface area (Å²) in [5.74, 6) is 0.461. The lowest BCUT2D eigenvalue weighted by Gasteiger charge is -2.20. The molecule has 10 heteroatoms. The SMILES string of the molecule is COc1cc(-c2cnn3cc(C(C)(C)c4nc(C)no4)ccc23)cc(OC(F)F)c1C(C)=O. The van der Waals surface area contributed by atoms with Crippen molar-refractivity contribution in [1.82, 2.24) is 19.8 Å². The maximum Gasteiger partial charge on any atom is 0.387 e. The molecule has 0 bridgehead atoms. The van der Waals surface area contributed by atoms with E-state index in [1.165, 1.54) is 20.1 Å². The molecule has 0 unspecified atom stereocenters. The molecular formula is C23H22F2N4O4. The van der Waals surface area contributed by atoms with Gasteiger partial charge in [-0.05, 0) is 57.0 Å². The Labute approximate surface area is 188 Å². The molecule has 4 rings (SSSR count). The van der Waals surface area contributed by atoms with Crippen LogP contribution >= 0.6 is 0 Å². The third kappa shape index (κ3) is 4.04. The molecule has 0 N–H and O–H groups in total. The van der Waals surface area contributed by atoms with E-state index in [1.54, 1.807) is 23.7 Å². The van der Waals surface area contributed by atoms with Gasteiger partial charge in [-0.3, -0.25) is 4.79 Å². The first-order chi connectivity index (χ1) is 15.6. The zero-order valence-corrected chi connectivity index (χ0v) is 18.7. The van der Waals surface area contributed by atoms with Crippen LogP contribution in [0.15, 0.2) is 41.2 Å². The van der Waals surface area contributed by atoms with E-state index in [1.807, 2.05) is 32.2 Å². The number of carbonyl (C=O) groups is 1. The molecule has 0 amide bonds. The van der Waals surface area contributed by atoms with Crippen molar-refractivity contribution in [1.29, 1.82) is 0 Å². The molecule has 0 radical (unpaired) electrons. The number of hydrogen-bond donors (Lipinski definition) is 0. The number of nitrogens with zero attached hydrogens (tertiary/aromatic N) is 4. The molecule has 0 atom stereocenters. The first-order valence-corrected chi connectivity index (χ1v) is 10.1. The molecule has 0 fully saturated rings. The van der Waals surface area contributed by atoms with Crippen molar-refractivity contribution in [2.24, 2.45) is 0 Å². The first kappa shape index (κ1) is 22.4. The zero-order valence-electron chi connectivity index (χ0n) is 18.7. The van der Waals surface area contributed by atoms with Crippen LogP contribution in [0.1, 0.15) is 48.4 Å². The lowest BCUT2D eigenvalue weighted by molar-refractivity contribution is -0.0501. The molecule has 0 aliphatic carbocycles. The molecular weight excluding hydrogens is 434 g/mol. The molecule has 0 saturated carbocycles. The van der Waals surface area contributed by atoms with Crippen molar-refractivity contribution in [2.75, 3.05) is 7.11 Å². The Kier molecular flexibility index (Phi) is 5.61. The van der Waals surface area contributed by atoms with E-state index in [4.69, 9.17) is 9.26 Å². The summed E-state index contributed by atoms with van der Waals surface area (Å²) in [6.45, 7) is 3.85. The Morgan fingerprint density at radius 2 is 1.94 bits per heavy atom. The van der Waals surface area contributed by atoms with Crippen molar-refractivity contribution in [2.45, 2.75) is 39.7 Å². The Hall–Kier alpha value is -3.82. The predicted molar refractivity (Wildman–Crippen MR) is 115 cm³/mol. The third-order valence-electron chi connectivity index (χ3n) is 5.47. The molecule has 0 aliphatic heterocycles. The Bertz CT molecular complexity index is 1340. The number of aryl methyl sites for hydroxylation is 1. The quantitative estimate of drug-likeness (QED) is 0.368. The van der Waals surface area contributed by atoms with Crippen LogP contribution in [0, 0.1) is 6.92 Å². The molecule has 0 spiro atoms. The second kappa shape index (κ2) is 8.27. The molecule has 4 aromatic rings. The van der Waals surface area contributed by atoms with Crippen molar-refractivity contribution in [3.8, 4) is 22.6 Å². The second-order valence-electron chi connectivity index (χ2n) is 8.06. The zero-order chi connectivity index (χ0) is 23.9. The van der Waals surface area contributed by atoms with Gasteiger partial charge in [-0.2, -0.15) is 18.9 Å². The number of aromatic nitrogens is 4. The normalized spacial score (nSPS) is 11.9. The fourth-order valence-electron chi connectivity index (χ4n) is 3.69.